The first-order chi connectivity index (χ1) is 9.75. The van der Waals surface area contributed by atoms with Gasteiger partial charge in [0, 0.05) is 10.4 Å². The topological polar surface area (TPSA) is 61.1 Å². The van der Waals surface area contributed by atoms with Crippen molar-refractivity contribution in [1.82, 2.24) is 0 Å². The molecule has 0 saturated carbocycles. The van der Waals surface area contributed by atoms with Crippen molar-refractivity contribution in [2.75, 3.05) is 0 Å². The average molecular weight is 299 g/mol. The van der Waals surface area contributed by atoms with Crippen molar-refractivity contribution in [3.05, 3.63) is 45.1 Å². The molecule has 0 bridgehead atoms. The maximum atomic E-state index is 11.4. The molecule has 0 unspecified atom stereocenters. The van der Waals surface area contributed by atoms with Gasteiger partial charge in [-0.15, -0.1) is 11.3 Å². The van der Waals surface area contributed by atoms with Crippen molar-refractivity contribution in [3.8, 4) is 17.2 Å². The van der Waals surface area contributed by atoms with Crippen molar-refractivity contribution < 1.29 is 9.90 Å². The Morgan fingerprint density at radius 1 is 1.24 bits per heavy atom. The number of rotatable bonds is 2. The average Bonchev–Trinajstić information content (AvgIpc) is 2.75. The quantitative estimate of drug-likeness (QED) is 0.882. The highest BCUT2D eigenvalue weighted by Crippen LogP contribution is 2.37. The minimum atomic E-state index is -0.987. The Morgan fingerprint density at radius 3 is 2.24 bits per heavy atom. The van der Waals surface area contributed by atoms with E-state index in [-0.39, 0.29) is 10.3 Å². The molecule has 1 aromatic carbocycles. The number of aryl methyl sites for hydroxylation is 1. The third kappa shape index (κ3) is 2.84. The van der Waals surface area contributed by atoms with E-state index in [2.05, 4.69) is 26.8 Å². The lowest BCUT2D eigenvalue weighted by molar-refractivity contribution is 0.0703. The van der Waals surface area contributed by atoms with Crippen LogP contribution in [0.15, 0.2) is 24.3 Å². The molecule has 1 N–H and O–H groups in total. The largest absolute Gasteiger partial charge is 0.477 e. The molecule has 0 amide bonds. The van der Waals surface area contributed by atoms with E-state index in [1.165, 1.54) is 5.56 Å². The molecule has 0 atom stereocenters. The molecule has 0 saturated heterocycles. The van der Waals surface area contributed by atoms with E-state index in [9.17, 15) is 15.2 Å². The highest BCUT2D eigenvalue weighted by Gasteiger charge is 2.22. The summed E-state index contributed by atoms with van der Waals surface area (Å²) in [6.07, 6.45) is 0. The molecule has 2 aromatic rings. The van der Waals surface area contributed by atoms with Gasteiger partial charge in [0.15, 0.2) is 0 Å². The van der Waals surface area contributed by atoms with Crippen LogP contribution in [0.25, 0.3) is 11.1 Å². The Bertz CT molecular complexity index is 728. The molecule has 0 aliphatic carbocycles. The summed E-state index contributed by atoms with van der Waals surface area (Å²) >= 11 is 1.16. The minimum absolute atomic E-state index is 0.0385. The number of hydrogen-bond donors (Lipinski definition) is 1. The molecule has 0 spiro atoms. The molecule has 0 aliphatic heterocycles. The summed E-state index contributed by atoms with van der Waals surface area (Å²) < 4.78 is 0. The smallest absolute Gasteiger partial charge is 0.346 e. The van der Waals surface area contributed by atoms with E-state index in [4.69, 9.17) is 0 Å². The van der Waals surface area contributed by atoms with Gasteiger partial charge in [0.05, 0.1) is 5.56 Å². The predicted octanol–water partition coefficient (Wildman–Crippen LogP) is 4.59. The van der Waals surface area contributed by atoms with Crippen molar-refractivity contribution in [1.29, 1.82) is 5.26 Å². The highest BCUT2D eigenvalue weighted by molar-refractivity contribution is 7.14. The lowest BCUT2D eigenvalue weighted by Gasteiger charge is -2.19. The monoisotopic (exact) mass is 299 g/mol. The first kappa shape index (κ1) is 15.3. The summed E-state index contributed by atoms with van der Waals surface area (Å²) in [7, 11) is 0. The molecule has 3 nitrogen and oxygen atoms in total. The second kappa shape index (κ2) is 5.34. The number of carbonyl (C=O) groups is 1. The second-order valence-electron chi connectivity index (χ2n) is 5.98. The fourth-order valence-corrected chi connectivity index (χ4v) is 3.21. The molecule has 1 heterocycles. The highest BCUT2D eigenvalue weighted by atomic mass is 32.1. The SMILES string of the molecule is Cc1sc(C(=O)O)c(-c2ccc(C(C)(C)C)cc2)c1C#N. The van der Waals surface area contributed by atoms with Crippen molar-refractivity contribution in [3.63, 3.8) is 0 Å². The van der Waals surface area contributed by atoms with Gasteiger partial charge in [-0.25, -0.2) is 4.79 Å². The Labute approximate surface area is 128 Å². The first-order valence-corrected chi connectivity index (χ1v) is 7.45. The maximum absolute atomic E-state index is 11.4. The van der Waals surface area contributed by atoms with Crippen LogP contribution in [-0.2, 0) is 5.41 Å². The van der Waals surface area contributed by atoms with Crippen LogP contribution in [0.3, 0.4) is 0 Å². The number of aromatic carboxylic acids is 1. The Kier molecular flexibility index (Phi) is 3.89. The van der Waals surface area contributed by atoms with E-state index >= 15 is 0 Å². The summed E-state index contributed by atoms with van der Waals surface area (Å²) in [5.41, 5.74) is 2.99. The Morgan fingerprint density at radius 2 is 1.81 bits per heavy atom. The first-order valence-electron chi connectivity index (χ1n) is 6.63. The van der Waals surface area contributed by atoms with Crippen LogP contribution < -0.4 is 0 Å². The summed E-state index contributed by atoms with van der Waals surface area (Å²) in [4.78, 5) is 12.4. The lowest BCUT2D eigenvalue weighted by atomic mass is 9.86. The fraction of sp³-hybridized carbons (Fsp3) is 0.294. The zero-order chi connectivity index (χ0) is 15.8. The van der Waals surface area contributed by atoms with Crippen molar-refractivity contribution >= 4 is 17.3 Å². The van der Waals surface area contributed by atoms with Crippen LogP contribution in [-0.4, -0.2) is 11.1 Å². The summed E-state index contributed by atoms with van der Waals surface area (Å²) in [5, 5.41) is 18.6. The van der Waals surface area contributed by atoms with Crippen LogP contribution >= 0.6 is 11.3 Å². The molecule has 1 aromatic heterocycles. The Hall–Kier alpha value is -2.12. The van der Waals surface area contributed by atoms with Gasteiger partial charge in [-0.3, -0.25) is 0 Å². The minimum Gasteiger partial charge on any atom is -0.477 e. The number of carboxylic acid groups (broad SMARTS) is 1. The molecule has 21 heavy (non-hydrogen) atoms. The standard InChI is InChI=1S/C17H17NO2S/c1-10-13(9-18)14(15(21-10)16(19)20)11-5-7-12(8-6-11)17(2,3)4/h5-8H,1-4H3,(H,19,20). The van der Waals surface area contributed by atoms with E-state index in [0.29, 0.717) is 11.1 Å². The van der Waals surface area contributed by atoms with Gasteiger partial charge in [-0.2, -0.15) is 5.26 Å². The van der Waals surface area contributed by atoms with Gasteiger partial charge < -0.3 is 5.11 Å². The van der Waals surface area contributed by atoms with Gasteiger partial charge >= 0.3 is 5.97 Å². The zero-order valence-electron chi connectivity index (χ0n) is 12.5. The number of hydrogen-bond acceptors (Lipinski definition) is 3. The van der Waals surface area contributed by atoms with Crippen LogP contribution in [0.2, 0.25) is 0 Å². The molecule has 108 valence electrons. The lowest BCUT2D eigenvalue weighted by Crippen LogP contribution is -2.10. The molecule has 0 aliphatic rings. The van der Waals surface area contributed by atoms with E-state index < -0.39 is 5.97 Å². The Balaban J connectivity index is 2.62. The summed E-state index contributed by atoms with van der Waals surface area (Å²) in [6.45, 7) is 8.16. The zero-order valence-corrected chi connectivity index (χ0v) is 13.3. The number of carboxylic acids is 1. The van der Waals surface area contributed by atoms with Crippen molar-refractivity contribution in [2.24, 2.45) is 0 Å². The van der Waals surface area contributed by atoms with Gasteiger partial charge in [-0.1, -0.05) is 45.0 Å². The van der Waals surface area contributed by atoms with Crippen LogP contribution in [0.1, 0.15) is 46.4 Å². The maximum Gasteiger partial charge on any atom is 0.346 e. The number of nitrogens with zero attached hydrogens (tertiary/aromatic N) is 1. The third-order valence-corrected chi connectivity index (χ3v) is 4.52. The number of thiophene rings is 1. The normalized spacial score (nSPS) is 11.2. The molecule has 0 radical (unpaired) electrons. The summed E-state index contributed by atoms with van der Waals surface area (Å²) in [5.74, 6) is -0.987. The van der Waals surface area contributed by atoms with Crippen LogP contribution in [0.4, 0.5) is 0 Å². The van der Waals surface area contributed by atoms with Gasteiger partial charge in [0.25, 0.3) is 0 Å². The molecule has 0 fully saturated rings. The summed E-state index contributed by atoms with van der Waals surface area (Å²) in [6, 6.07) is 9.92. The van der Waals surface area contributed by atoms with Crippen LogP contribution in [0.5, 0.6) is 0 Å². The van der Waals surface area contributed by atoms with E-state index in [0.717, 1.165) is 21.8 Å². The predicted molar refractivity (Wildman–Crippen MR) is 84.9 cm³/mol. The second-order valence-corrected chi connectivity index (χ2v) is 7.21. The molecule has 2 rings (SSSR count). The fourth-order valence-electron chi connectivity index (χ4n) is 2.24. The molecular weight excluding hydrogens is 282 g/mol. The van der Waals surface area contributed by atoms with Gasteiger partial charge in [0.2, 0.25) is 0 Å². The van der Waals surface area contributed by atoms with E-state index in [1.807, 2.05) is 24.3 Å². The molecule has 4 heteroatoms. The van der Waals surface area contributed by atoms with Gasteiger partial charge in [-0.05, 0) is 23.5 Å². The number of nitriles is 1. The molecular formula is C17H17NO2S. The number of benzene rings is 1. The van der Waals surface area contributed by atoms with Crippen molar-refractivity contribution in [2.45, 2.75) is 33.1 Å². The van der Waals surface area contributed by atoms with Crippen LogP contribution in [0, 0.1) is 18.3 Å². The third-order valence-electron chi connectivity index (χ3n) is 3.43. The van der Waals surface area contributed by atoms with Gasteiger partial charge in [0.1, 0.15) is 10.9 Å². The van der Waals surface area contributed by atoms with E-state index in [1.54, 1.807) is 6.92 Å².